The van der Waals surface area contributed by atoms with Crippen molar-refractivity contribution in [2.24, 2.45) is 0 Å². The molecule has 1 atom stereocenters. The first-order valence-corrected chi connectivity index (χ1v) is 10.2. The van der Waals surface area contributed by atoms with E-state index in [2.05, 4.69) is 9.97 Å². The van der Waals surface area contributed by atoms with Crippen LogP contribution < -0.4 is 0 Å². The summed E-state index contributed by atoms with van der Waals surface area (Å²) in [6, 6.07) is 5.01. The third-order valence-electron chi connectivity index (χ3n) is 3.89. The summed E-state index contributed by atoms with van der Waals surface area (Å²) in [7, 11) is 0. The lowest BCUT2D eigenvalue weighted by molar-refractivity contribution is -0.141. The highest BCUT2D eigenvalue weighted by atomic mass is 32.2. The van der Waals surface area contributed by atoms with Crippen LogP contribution in [0.15, 0.2) is 47.6 Å². The van der Waals surface area contributed by atoms with Gasteiger partial charge in [-0.05, 0) is 42.4 Å². The summed E-state index contributed by atoms with van der Waals surface area (Å²) >= 11 is -0.607. The molecule has 2 heterocycles. The van der Waals surface area contributed by atoms with Crippen LogP contribution in [0.5, 0.6) is 0 Å². The second-order valence-corrected chi connectivity index (χ2v) is 8.54. The predicted octanol–water partition coefficient (Wildman–Crippen LogP) is 6.04. The van der Waals surface area contributed by atoms with Crippen LogP contribution in [0.3, 0.4) is 0 Å². The van der Waals surface area contributed by atoms with Gasteiger partial charge in [-0.3, -0.25) is 4.98 Å². The summed E-state index contributed by atoms with van der Waals surface area (Å²) in [5.41, 5.74) is -1.28. The van der Waals surface area contributed by atoms with Crippen molar-refractivity contribution in [3.8, 4) is 21.0 Å². The zero-order chi connectivity index (χ0) is 21.4. The molecule has 0 aliphatic rings. The van der Waals surface area contributed by atoms with Crippen molar-refractivity contribution in [1.29, 1.82) is 0 Å². The van der Waals surface area contributed by atoms with E-state index in [1.165, 1.54) is 18.3 Å². The molecule has 0 aliphatic heterocycles. The van der Waals surface area contributed by atoms with Crippen molar-refractivity contribution in [1.82, 2.24) is 9.97 Å². The van der Waals surface area contributed by atoms with Gasteiger partial charge in [0, 0.05) is 24.0 Å². The normalized spacial score (nSPS) is 13.5. The van der Waals surface area contributed by atoms with Gasteiger partial charge in [0.05, 0.1) is 16.0 Å². The minimum Gasteiger partial charge on any atom is -0.611 e. The maximum atomic E-state index is 13.0. The monoisotopic (exact) mass is 450 g/mol. The van der Waals surface area contributed by atoms with Gasteiger partial charge in [-0.1, -0.05) is 0 Å². The predicted molar refractivity (Wildman–Crippen MR) is 97.7 cm³/mol. The van der Waals surface area contributed by atoms with E-state index in [1.807, 2.05) is 0 Å². The molecule has 0 radical (unpaired) electrons. The maximum Gasteiger partial charge on any atom is 0.433 e. The molecule has 3 nitrogen and oxygen atoms in total. The topological polar surface area (TPSA) is 48.8 Å². The lowest BCUT2D eigenvalue weighted by Crippen LogP contribution is -2.10. The minimum atomic E-state index is -4.58. The molecule has 0 bridgehead atoms. The number of hydrogen-bond donors (Lipinski definition) is 0. The number of halogens is 6. The van der Waals surface area contributed by atoms with Crippen molar-refractivity contribution in [3.63, 3.8) is 0 Å². The van der Waals surface area contributed by atoms with E-state index in [0.29, 0.717) is 15.4 Å². The third kappa shape index (κ3) is 4.73. The molecule has 0 saturated carbocycles. The van der Waals surface area contributed by atoms with Crippen molar-refractivity contribution in [2.75, 3.05) is 5.75 Å². The van der Waals surface area contributed by atoms with E-state index in [4.69, 9.17) is 0 Å². The molecule has 2 aromatic heterocycles. The molecule has 0 N–H and O–H groups in total. The largest absolute Gasteiger partial charge is 0.611 e. The third-order valence-corrected chi connectivity index (χ3v) is 6.32. The highest BCUT2D eigenvalue weighted by molar-refractivity contribution is 7.91. The Balaban J connectivity index is 1.99. The Morgan fingerprint density at radius 3 is 2.24 bits per heavy atom. The average molecular weight is 450 g/mol. The summed E-state index contributed by atoms with van der Waals surface area (Å²) < 4.78 is 89.2. The van der Waals surface area contributed by atoms with E-state index >= 15 is 0 Å². The van der Waals surface area contributed by atoms with Crippen LogP contribution in [0.2, 0.25) is 0 Å². The van der Waals surface area contributed by atoms with Crippen molar-refractivity contribution in [2.45, 2.75) is 24.2 Å². The van der Waals surface area contributed by atoms with Gasteiger partial charge in [0.25, 0.3) is 0 Å². The van der Waals surface area contributed by atoms with Gasteiger partial charge in [-0.2, -0.15) is 26.3 Å². The number of nitrogens with zero attached hydrogens (tertiary/aromatic N) is 2. The first-order valence-electron chi connectivity index (χ1n) is 8.10. The van der Waals surface area contributed by atoms with Crippen molar-refractivity contribution in [3.05, 3.63) is 54.0 Å². The highest BCUT2D eigenvalue weighted by Crippen LogP contribution is 2.39. The molecule has 0 fully saturated rings. The summed E-state index contributed by atoms with van der Waals surface area (Å²) in [4.78, 5) is 8.03. The summed E-state index contributed by atoms with van der Waals surface area (Å²) in [6.07, 6.45) is -6.69. The standard InChI is InChI=1S/C18H12F6N2OS2/c1-2-29(27)14-7-11(17(19,20)21)4-5-12(14)16-26-9-13(28-16)10-3-6-15(25-8-10)18(22,23)24/h3-9H,2H2,1H3. The first-order chi connectivity index (χ1) is 13.5. The maximum absolute atomic E-state index is 13.0. The fraction of sp³-hybridized carbons (Fsp3) is 0.222. The van der Waals surface area contributed by atoms with Gasteiger partial charge in [0.1, 0.15) is 16.5 Å². The van der Waals surface area contributed by atoms with Crippen LogP contribution in [0.25, 0.3) is 21.0 Å². The van der Waals surface area contributed by atoms with Gasteiger partial charge in [-0.25, -0.2) is 4.98 Å². The lowest BCUT2D eigenvalue weighted by atomic mass is 10.1. The van der Waals surface area contributed by atoms with Crippen LogP contribution in [-0.4, -0.2) is 20.3 Å². The molecule has 11 heteroatoms. The van der Waals surface area contributed by atoms with E-state index in [-0.39, 0.29) is 16.2 Å². The number of benzene rings is 1. The molecule has 0 amide bonds. The van der Waals surface area contributed by atoms with Gasteiger partial charge in [0.2, 0.25) is 0 Å². The van der Waals surface area contributed by atoms with Gasteiger partial charge in [-0.15, -0.1) is 11.3 Å². The Bertz CT molecular complexity index is 999. The molecule has 0 aliphatic carbocycles. The summed E-state index contributed by atoms with van der Waals surface area (Å²) in [5.74, 6) is 0.120. The molecular weight excluding hydrogens is 438 g/mol. The van der Waals surface area contributed by atoms with E-state index in [1.54, 1.807) is 6.92 Å². The number of aromatic nitrogens is 2. The zero-order valence-electron chi connectivity index (χ0n) is 14.6. The number of hydrogen-bond acceptors (Lipinski definition) is 4. The number of alkyl halides is 6. The van der Waals surface area contributed by atoms with Crippen LogP contribution in [-0.2, 0) is 23.5 Å². The molecule has 0 saturated heterocycles. The molecule has 3 aromatic rings. The smallest absolute Gasteiger partial charge is 0.433 e. The molecule has 154 valence electrons. The number of pyridine rings is 1. The highest BCUT2D eigenvalue weighted by Gasteiger charge is 2.34. The summed E-state index contributed by atoms with van der Waals surface area (Å²) in [5, 5.41) is 0.311. The number of rotatable bonds is 4. The molecule has 3 rings (SSSR count). The van der Waals surface area contributed by atoms with Crippen LogP contribution in [0, 0.1) is 0 Å². The SMILES string of the molecule is CC[S+]([O-])c1cc(C(F)(F)F)ccc1-c1ncc(-c2ccc(C(F)(F)F)nc2)s1. The van der Waals surface area contributed by atoms with Crippen LogP contribution >= 0.6 is 11.3 Å². The molecule has 1 aromatic carbocycles. The Morgan fingerprint density at radius 2 is 1.69 bits per heavy atom. The Hall–Kier alpha value is -2.11. The van der Waals surface area contributed by atoms with Crippen LogP contribution in [0.1, 0.15) is 18.2 Å². The lowest BCUT2D eigenvalue weighted by Gasteiger charge is -2.14. The van der Waals surface area contributed by atoms with Crippen molar-refractivity contribution >= 4 is 22.5 Å². The summed E-state index contributed by atoms with van der Waals surface area (Å²) in [6.45, 7) is 1.58. The number of thiazole rings is 1. The molecule has 0 spiro atoms. The average Bonchev–Trinajstić information content (AvgIpc) is 3.15. The van der Waals surface area contributed by atoms with Gasteiger partial charge < -0.3 is 4.55 Å². The van der Waals surface area contributed by atoms with E-state index < -0.39 is 34.8 Å². The Kier molecular flexibility index (Phi) is 5.93. The zero-order valence-corrected chi connectivity index (χ0v) is 16.3. The van der Waals surface area contributed by atoms with E-state index in [9.17, 15) is 30.9 Å². The Morgan fingerprint density at radius 1 is 0.966 bits per heavy atom. The van der Waals surface area contributed by atoms with Gasteiger partial charge in [0.15, 0.2) is 4.90 Å². The first kappa shape index (κ1) is 21.6. The quantitative estimate of drug-likeness (QED) is 0.360. The van der Waals surface area contributed by atoms with Crippen LogP contribution in [0.4, 0.5) is 26.3 Å². The Labute approximate surface area is 168 Å². The van der Waals surface area contributed by atoms with Gasteiger partial charge >= 0.3 is 12.4 Å². The fourth-order valence-electron chi connectivity index (χ4n) is 2.46. The second kappa shape index (κ2) is 7.96. The molecule has 1 unspecified atom stereocenters. The van der Waals surface area contributed by atoms with Crippen molar-refractivity contribution < 1.29 is 30.9 Å². The second-order valence-electron chi connectivity index (χ2n) is 5.80. The van der Waals surface area contributed by atoms with E-state index in [0.717, 1.165) is 35.7 Å². The minimum absolute atomic E-state index is 0.00812. The molecular formula is C18H12F6N2OS2. The fourth-order valence-corrected chi connectivity index (χ4v) is 4.45. The molecule has 29 heavy (non-hydrogen) atoms.